The molecule has 0 bridgehead atoms. The van der Waals surface area contributed by atoms with E-state index in [2.05, 4.69) is 11.1 Å². The van der Waals surface area contributed by atoms with E-state index in [4.69, 9.17) is 0 Å². The molecule has 0 aliphatic heterocycles. The third kappa shape index (κ3) is 3.99. The second-order valence-corrected chi connectivity index (χ2v) is 3.24. The molecule has 0 amide bonds. The van der Waals surface area contributed by atoms with Gasteiger partial charge in [-0.15, -0.1) is 0 Å². The number of pyridine rings is 1. The molecule has 0 fully saturated rings. The summed E-state index contributed by atoms with van der Waals surface area (Å²) in [5.74, 6) is 0.142. The predicted molar refractivity (Wildman–Crippen MR) is 55.7 cm³/mol. The van der Waals surface area contributed by atoms with Crippen molar-refractivity contribution < 1.29 is 9.36 Å². The summed E-state index contributed by atoms with van der Waals surface area (Å²) in [6.45, 7) is 4.42. The van der Waals surface area contributed by atoms with Gasteiger partial charge in [0.15, 0.2) is 18.2 Å². The number of ketones is 1. The van der Waals surface area contributed by atoms with Crippen molar-refractivity contribution in [2.45, 2.75) is 25.8 Å². The maximum Gasteiger partial charge on any atom is 0.168 e. The molecule has 0 N–H and O–H groups in total. The summed E-state index contributed by atoms with van der Waals surface area (Å²) in [6, 6.07) is 6.02. The van der Waals surface area contributed by atoms with Crippen LogP contribution < -0.4 is 4.57 Å². The third-order valence-electron chi connectivity index (χ3n) is 2.09. The molecule has 0 aliphatic carbocycles. The number of allylic oxidation sites excluding steroid dienone is 1. The highest BCUT2D eigenvalue weighted by molar-refractivity contribution is 5.88. The largest absolute Gasteiger partial charge is 0.295 e. The second-order valence-electron chi connectivity index (χ2n) is 3.24. The Morgan fingerprint density at radius 1 is 1.21 bits per heavy atom. The van der Waals surface area contributed by atoms with Gasteiger partial charge in [0.25, 0.3) is 0 Å². The highest BCUT2D eigenvalue weighted by atomic mass is 16.1. The fourth-order valence-corrected chi connectivity index (χ4v) is 1.28. The van der Waals surface area contributed by atoms with Gasteiger partial charge in [-0.25, -0.2) is 4.57 Å². The van der Waals surface area contributed by atoms with E-state index < -0.39 is 0 Å². The van der Waals surface area contributed by atoms with Crippen LogP contribution in [0.4, 0.5) is 0 Å². The molecular formula is C12H16NO+. The average Bonchev–Trinajstić information content (AvgIpc) is 2.25. The lowest BCUT2D eigenvalue weighted by molar-refractivity contribution is -0.697. The highest BCUT2D eigenvalue weighted by Crippen LogP contribution is 1.96. The van der Waals surface area contributed by atoms with E-state index in [9.17, 15) is 4.79 Å². The third-order valence-corrected chi connectivity index (χ3v) is 2.09. The fraction of sp³-hybridized carbons (Fsp3) is 0.333. The summed E-state index contributed by atoms with van der Waals surface area (Å²) in [5, 5.41) is 0. The van der Waals surface area contributed by atoms with Crippen LogP contribution in [0.3, 0.4) is 0 Å². The molecule has 2 heteroatoms. The molecule has 0 spiro atoms. The first kappa shape index (κ1) is 10.6. The van der Waals surface area contributed by atoms with Gasteiger partial charge in [-0.2, -0.15) is 0 Å². The van der Waals surface area contributed by atoms with E-state index in [-0.39, 0.29) is 5.78 Å². The monoisotopic (exact) mass is 190 g/mol. The van der Waals surface area contributed by atoms with Crippen molar-refractivity contribution in [2.24, 2.45) is 0 Å². The molecule has 1 aromatic heterocycles. The number of carbonyl (C=O) groups excluding carboxylic acids is 1. The Morgan fingerprint density at radius 2 is 1.93 bits per heavy atom. The number of unbranched alkanes of at least 4 members (excludes halogenated alkanes) is 1. The molecule has 0 aromatic carbocycles. The van der Waals surface area contributed by atoms with Crippen molar-refractivity contribution >= 4 is 5.78 Å². The smallest absolute Gasteiger partial charge is 0.168 e. The molecule has 0 saturated heterocycles. The van der Waals surface area contributed by atoms with Crippen molar-refractivity contribution in [1.29, 1.82) is 0 Å². The number of hydrogen-bond donors (Lipinski definition) is 0. The van der Waals surface area contributed by atoms with Crippen molar-refractivity contribution in [1.82, 2.24) is 0 Å². The van der Waals surface area contributed by atoms with Crippen LogP contribution in [0.25, 0.3) is 0 Å². The minimum absolute atomic E-state index is 0.142. The van der Waals surface area contributed by atoms with Gasteiger partial charge in [-0.05, 0) is 12.5 Å². The van der Waals surface area contributed by atoms with Crippen molar-refractivity contribution in [3.8, 4) is 0 Å². The van der Waals surface area contributed by atoms with Crippen LogP contribution in [0.15, 0.2) is 43.2 Å². The molecular weight excluding hydrogens is 174 g/mol. The summed E-state index contributed by atoms with van der Waals surface area (Å²) >= 11 is 0. The molecule has 0 radical (unpaired) electrons. The summed E-state index contributed by atoms with van der Waals surface area (Å²) in [4.78, 5) is 10.9. The Hall–Kier alpha value is -1.44. The van der Waals surface area contributed by atoms with Gasteiger partial charge in [0.1, 0.15) is 6.54 Å². The minimum Gasteiger partial charge on any atom is -0.295 e. The lowest BCUT2D eigenvalue weighted by atomic mass is 10.2. The van der Waals surface area contributed by atoms with Gasteiger partial charge in [-0.1, -0.05) is 12.6 Å². The van der Waals surface area contributed by atoms with E-state index in [1.807, 2.05) is 30.6 Å². The number of aryl methyl sites for hydroxylation is 1. The average molecular weight is 190 g/mol. The number of rotatable bonds is 6. The van der Waals surface area contributed by atoms with Crippen LogP contribution in [0.2, 0.25) is 0 Å². The first-order valence-corrected chi connectivity index (χ1v) is 4.92. The minimum atomic E-state index is 0.142. The molecule has 0 unspecified atom stereocenters. The SMILES string of the molecule is C=CC(=O)CCCC[n+]1ccccc1. The fourth-order valence-electron chi connectivity index (χ4n) is 1.28. The second kappa shape index (κ2) is 6.08. The topological polar surface area (TPSA) is 20.9 Å². The number of aromatic nitrogens is 1. The zero-order valence-corrected chi connectivity index (χ0v) is 8.36. The molecule has 0 atom stereocenters. The van der Waals surface area contributed by atoms with Crippen LogP contribution in [0.1, 0.15) is 19.3 Å². The van der Waals surface area contributed by atoms with E-state index in [1.165, 1.54) is 6.08 Å². The Bertz CT molecular complexity index is 292. The van der Waals surface area contributed by atoms with Crippen LogP contribution in [-0.4, -0.2) is 5.78 Å². The van der Waals surface area contributed by atoms with Crippen LogP contribution in [0.5, 0.6) is 0 Å². The first-order chi connectivity index (χ1) is 6.83. The van der Waals surface area contributed by atoms with Gasteiger partial charge in [0.2, 0.25) is 0 Å². The molecule has 1 heterocycles. The van der Waals surface area contributed by atoms with E-state index in [0.29, 0.717) is 6.42 Å². The Balaban J connectivity index is 2.16. The van der Waals surface area contributed by atoms with Gasteiger partial charge in [0.05, 0.1) is 0 Å². The Labute approximate surface area is 84.9 Å². The predicted octanol–water partition coefficient (Wildman–Crippen LogP) is 1.90. The van der Waals surface area contributed by atoms with E-state index in [1.54, 1.807) is 0 Å². The highest BCUT2D eigenvalue weighted by Gasteiger charge is 1.99. The van der Waals surface area contributed by atoms with E-state index in [0.717, 1.165) is 19.4 Å². The zero-order chi connectivity index (χ0) is 10.2. The quantitative estimate of drug-likeness (QED) is 0.381. The van der Waals surface area contributed by atoms with Crippen LogP contribution in [-0.2, 0) is 11.3 Å². The maximum absolute atomic E-state index is 10.9. The van der Waals surface area contributed by atoms with Gasteiger partial charge >= 0.3 is 0 Å². The molecule has 2 nitrogen and oxygen atoms in total. The standard InChI is InChI=1S/C12H16NO/c1-2-12(14)8-4-7-11-13-9-5-3-6-10-13/h2-3,5-6,9-10H,1,4,7-8,11H2/q+1. The number of carbonyl (C=O) groups is 1. The summed E-state index contributed by atoms with van der Waals surface area (Å²) in [7, 11) is 0. The lowest BCUT2D eigenvalue weighted by Crippen LogP contribution is -2.32. The van der Waals surface area contributed by atoms with Crippen LogP contribution >= 0.6 is 0 Å². The van der Waals surface area contributed by atoms with Crippen LogP contribution in [0, 0.1) is 0 Å². The van der Waals surface area contributed by atoms with Crippen molar-refractivity contribution in [3.63, 3.8) is 0 Å². The molecule has 1 rings (SSSR count). The maximum atomic E-state index is 10.9. The Morgan fingerprint density at radius 3 is 2.57 bits per heavy atom. The summed E-state index contributed by atoms with van der Waals surface area (Å²) in [6.07, 6.45) is 8.07. The van der Waals surface area contributed by atoms with Gasteiger partial charge in [-0.3, -0.25) is 4.79 Å². The van der Waals surface area contributed by atoms with E-state index >= 15 is 0 Å². The van der Waals surface area contributed by atoms with Crippen molar-refractivity contribution in [2.75, 3.05) is 0 Å². The van der Waals surface area contributed by atoms with Crippen molar-refractivity contribution in [3.05, 3.63) is 43.2 Å². The first-order valence-electron chi connectivity index (χ1n) is 4.92. The molecule has 0 saturated carbocycles. The summed E-state index contributed by atoms with van der Waals surface area (Å²) < 4.78 is 2.12. The molecule has 14 heavy (non-hydrogen) atoms. The molecule has 74 valence electrons. The van der Waals surface area contributed by atoms with Gasteiger partial charge < -0.3 is 0 Å². The zero-order valence-electron chi connectivity index (χ0n) is 8.36. The molecule has 1 aromatic rings. The van der Waals surface area contributed by atoms with Gasteiger partial charge in [0, 0.05) is 25.0 Å². The summed E-state index contributed by atoms with van der Waals surface area (Å²) in [5.41, 5.74) is 0. The lowest BCUT2D eigenvalue weighted by Gasteiger charge is -1.95. The normalized spacial score (nSPS) is 9.71. The molecule has 0 aliphatic rings. The Kier molecular flexibility index (Phi) is 4.62. The number of nitrogens with zero attached hydrogens (tertiary/aromatic N) is 1. The number of hydrogen-bond acceptors (Lipinski definition) is 1.